The Balaban J connectivity index is 2.30. The molecule has 0 aromatic carbocycles. The molecule has 2 aliphatic rings. The predicted octanol–water partition coefficient (Wildman–Crippen LogP) is 3.49. The molecule has 0 heterocycles. The van der Waals surface area contributed by atoms with Crippen LogP contribution in [0, 0.1) is 30.1 Å². The highest BCUT2D eigenvalue weighted by molar-refractivity contribution is 5.28. The second-order valence-electron chi connectivity index (χ2n) is 4.49. The smallest absolute Gasteiger partial charge is 0.00523 e. The Labute approximate surface area is 81.7 Å². The molecule has 2 aliphatic carbocycles. The standard InChI is InChI=1S/C13H18/c1-9-10(2)12-7-5-4-6-8-13(12)11(9)3/h4-5,7,9-11,13H,6H2,1-3H3. The third kappa shape index (κ3) is 1.37. The molecule has 0 aromatic rings. The number of rotatable bonds is 0. The SMILES string of the molecule is CC1C2=CC=CC[C]C2C(C)C1C. The molecule has 2 rings (SSSR count). The fraction of sp³-hybridized carbons (Fsp3) is 0.615. The van der Waals surface area contributed by atoms with E-state index in [1.807, 2.05) is 0 Å². The van der Waals surface area contributed by atoms with E-state index in [0.717, 1.165) is 24.2 Å². The maximum atomic E-state index is 3.60. The van der Waals surface area contributed by atoms with Gasteiger partial charge in [0, 0.05) is 0 Å². The first-order valence-corrected chi connectivity index (χ1v) is 5.32. The van der Waals surface area contributed by atoms with Crippen LogP contribution in [0.2, 0.25) is 0 Å². The lowest BCUT2D eigenvalue weighted by molar-refractivity contribution is 0.356. The van der Waals surface area contributed by atoms with Crippen LogP contribution in [-0.4, -0.2) is 0 Å². The van der Waals surface area contributed by atoms with Crippen molar-refractivity contribution in [2.75, 3.05) is 0 Å². The number of allylic oxidation sites excluding steroid dienone is 4. The van der Waals surface area contributed by atoms with Crippen molar-refractivity contribution in [1.29, 1.82) is 0 Å². The third-order valence-corrected chi connectivity index (χ3v) is 3.91. The summed E-state index contributed by atoms with van der Waals surface area (Å²) in [6.07, 6.45) is 11.3. The Hall–Kier alpha value is -0.520. The molecule has 2 radical (unpaired) electrons. The van der Waals surface area contributed by atoms with Crippen molar-refractivity contribution in [2.24, 2.45) is 23.7 Å². The van der Waals surface area contributed by atoms with Crippen LogP contribution in [0.4, 0.5) is 0 Å². The van der Waals surface area contributed by atoms with E-state index >= 15 is 0 Å². The Kier molecular flexibility index (Phi) is 2.31. The van der Waals surface area contributed by atoms with Gasteiger partial charge in [0.15, 0.2) is 0 Å². The van der Waals surface area contributed by atoms with Gasteiger partial charge in [0.05, 0.1) is 0 Å². The monoisotopic (exact) mass is 174 g/mol. The van der Waals surface area contributed by atoms with Gasteiger partial charge in [0.1, 0.15) is 0 Å². The summed E-state index contributed by atoms with van der Waals surface area (Å²) >= 11 is 0. The van der Waals surface area contributed by atoms with E-state index < -0.39 is 0 Å². The van der Waals surface area contributed by atoms with Crippen molar-refractivity contribution in [2.45, 2.75) is 27.2 Å². The molecule has 13 heavy (non-hydrogen) atoms. The second-order valence-corrected chi connectivity index (χ2v) is 4.49. The largest absolute Gasteiger partial charge is 0.0839 e. The van der Waals surface area contributed by atoms with E-state index in [1.165, 1.54) is 0 Å². The molecule has 0 nitrogen and oxygen atoms in total. The Bertz CT molecular complexity index is 247. The molecule has 0 saturated heterocycles. The Morgan fingerprint density at radius 2 is 2.00 bits per heavy atom. The van der Waals surface area contributed by atoms with Crippen LogP contribution in [0.3, 0.4) is 0 Å². The van der Waals surface area contributed by atoms with E-state index in [9.17, 15) is 0 Å². The molecule has 1 saturated carbocycles. The van der Waals surface area contributed by atoms with Gasteiger partial charge in [-0.25, -0.2) is 0 Å². The van der Waals surface area contributed by atoms with E-state index in [4.69, 9.17) is 0 Å². The van der Waals surface area contributed by atoms with Gasteiger partial charge in [0.2, 0.25) is 0 Å². The van der Waals surface area contributed by atoms with Crippen molar-refractivity contribution in [1.82, 2.24) is 0 Å². The van der Waals surface area contributed by atoms with E-state index in [1.54, 1.807) is 5.57 Å². The van der Waals surface area contributed by atoms with Gasteiger partial charge in [-0.15, -0.1) is 0 Å². The van der Waals surface area contributed by atoms with Crippen LogP contribution in [0.25, 0.3) is 0 Å². The second kappa shape index (κ2) is 3.32. The fourth-order valence-electron chi connectivity index (χ4n) is 2.65. The summed E-state index contributed by atoms with van der Waals surface area (Å²) in [5, 5.41) is 0. The maximum Gasteiger partial charge on any atom is -0.00523 e. The van der Waals surface area contributed by atoms with Gasteiger partial charge in [-0.3, -0.25) is 0 Å². The fourth-order valence-corrected chi connectivity index (χ4v) is 2.65. The molecular formula is C13H18. The average molecular weight is 174 g/mol. The molecule has 70 valence electrons. The summed E-state index contributed by atoms with van der Waals surface area (Å²) in [7, 11) is 0. The van der Waals surface area contributed by atoms with Crippen LogP contribution < -0.4 is 0 Å². The molecule has 0 aliphatic heterocycles. The molecule has 4 atom stereocenters. The maximum absolute atomic E-state index is 3.60. The highest BCUT2D eigenvalue weighted by atomic mass is 14.4. The number of fused-ring (bicyclic) bond motifs is 1. The summed E-state index contributed by atoms with van der Waals surface area (Å²) < 4.78 is 0. The van der Waals surface area contributed by atoms with Crippen molar-refractivity contribution in [3.05, 3.63) is 30.2 Å². The molecule has 0 aromatic heterocycles. The summed E-state index contributed by atoms with van der Waals surface area (Å²) in [6, 6.07) is 0. The minimum absolute atomic E-state index is 0.625. The van der Waals surface area contributed by atoms with Gasteiger partial charge in [0.25, 0.3) is 0 Å². The highest BCUT2D eigenvalue weighted by Crippen LogP contribution is 2.47. The topological polar surface area (TPSA) is 0 Å². The van der Waals surface area contributed by atoms with Crippen molar-refractivity contribution >= 4 is 0 Å². The Morgan fingerprint density at radius 1 is 1.23 bits per heavy atom. The lowest BCUT2D eigenvalue weighted by atomic mass is 9.88. The minimum atomic E-state index is 0.625. The van der Waals surface area contributed by atoms with E-state index in [-0.39, 0.29) is 0 Å². The molecule has 0 heteroatoms. The third-order valence-electron chi connectivity index (χ3n) is 3.91. The summed E-state index contributed by atoms with van der Waals surface area (Å²) in [6.45, 7) is 7.09. The zero-order valence-electron chi connectivity index (χ0n) is 8.75. The molecule has 0 amide bonds. The molecule has 0 bridgehead atoms. The molecule has 4 unspecified atom stereocenters. The van der Waals surface area contributed by atoms with Crippen LogP contribution in [-0.2, 0) is 0 Å². The molecule has 0 spiro atoms. The zero-order valence-corrected chi connectivity index (χ0v) is 8.75. The molecule has 1 fully saturated rings. The van der Waals surface area contributed by atoms with Crippen molar-refractivity contribution in [3.63, 3.8) is 0 Å². The van der Waals surface area contributed by atoms with Crippen molar-refractivity contribution in [3.8, 4) is 0 Å². The number of hydrogen-bond acceptors (Lipinski definition) is 0. The van der Waals surface area contributed by atoms with E-state index in [0.29, 0.717) is 5.92 Å². The van der Waals surface area contributed by atoms with Crippen molar-refractivity contribution < 1.29 is 0 Å². The van der Waals surface area contributed by atoms with E-state index in [2.05, 4.69) is 45.4 Å². The lowest BCUT2D eigenvalue weighted by Crippen LogP contribution is -2.10. The van der Waals surface area contributed by atoms with Gasteiger partial charge in [-0.2, -0.15) is 0 Å². The Morgan fingerprint density at radius 3 is 2.77 bits per heavy atom. The van der Waals surface area contributed by atoms with Crippen LogP contribution >= 0.6 is 0 Å². The van der Waals surface area contributed by atoms with Crippen LogP contribution in [0.15, 0.2) is 23.8 Å². The zero-order chi connectivity index (χ0) is 9.42. The summed E-state index contributed by atoms with van der Waals surface area (Å²) in [5.41, 5.74) is 1.61. The van der Waals surface area contributed by atoms with Gasteiger partial charge in [-0.05, 0) is 36.5 Å². The molecule has 0 N–H and O–H groups in total. The van der Waals surface area contributed by atoms with Gasteiger partial charge < -0.3 is 0 Å². The predicted molar refractivity (Wildman–Crippen MR) is 56.1 cm³/mol. The van der Waals surface area contributed by atoms with Crippen LogP contribution in [0.5, 0.6) is 0 Å². The number of hydrogen-bond donors (Lipinski definition) is 0. The first-order valence-electron chi connectivity index (χ1n) is 5.32. The molecular weight excluding hydrogens is 156 g/mol. The van der Waals surface area contributed by atoms with Gasteiger partial charge in [-0.1, -0.05) is 44.6 Å². The summed E-state index contributed by atoms with van der Waals surface area (Å²) in [5.74, 6) is 2.96. The lowest BCUT2D eigenvalue weighted by Gasteiger charge is -2.16. The quantitative estimate of drug-likeness (QED) is 0.527. The first kappa shape index (κ1) is 9.05. The first-order chi connectivity index (χ1) is 6.22. The normalized spacial score (nSPS) is 44.1. The van der Waals surface area contributed by atoms with Gasteiger partial charge >= 0.3 is 0 Å². The highest BCUT2D eigenvalue weighted by Gasteiger charge is 2.39. The average Bonchev–Trinajstić information content (AvgIpc) is 2.40. The van der Waals surface area contributed by atoms with Crippen LogP contribution in [0.1, 0.15) is 27.2 Å². The summed E-state index contributed by atoms with van der Waals surface area (Å²) in [4.78, 5) is 0. The minimum Gasteiger partial charge on any atom is -0.0839 e.